The van der Waals surface area contributed by atoms with E-state index in [2.05, 4.69) is 10.3 Å². The molecule has 1 aromatic heterocycles. The van der Waals surface area contributed by atoms with Crippen molar-refractivity contribution < 1.29 is 9.52 Å². The average molecular weight is 312 g/mol. The maximum Gasteiger partial charge on any atom is 0.239 e. The number of oxazole rings is 1. The summed E-state index contributed by atoms with van der Waals surface area (Å²) in [4.78, 5) is 4.25. The van der Waals surface area contributed by atoms with E-state index < -0.39 is 0 Å². The van der Waals surface area contributed by atoms with Gasteiger partial charge in [0.2, 0.25) is 5.89 Å². The number of phenols is 1. The zero-order chi connectivity index (χ0) is 15.5. The van der Waals surface area contributed by atoms with Crippen molar-refractivity contribution in [1.29, 1.82) is 5.26 Å². The van der Waals surface area contributed by atoms with Crippen LogP contribution in [0.4, 0.5) is 5.69 Å². The van der Waals surface area contributed by atoms with E-state index >= 15 is 0 Å². The van der Waals surface area contributed by atoms with E-state index in [0.29, 0.717) is 21.8 Å². The Morgan fingerprint density at radius 2 is 2.14 bits per heavy atom. The monoisotopic (exact) mass is 311 g/mol. The number of phenolic OH excluding ortho intramolecular Hbond substituents is 1. The maximum absolute atomic E-state index is 9.73. The van der Waals surface area contributed by atoms with Crippen molar-refractivity contribution in [1.82, 2.24) is 4.98 Å². The minimum absolute atomic E-state index is 0.0236. The van der Waals surface area contributed by atoms with E-state index in [-0.39, 0.29) is 17.2 Å². The van der Waals surface area contributed by atoms with Crippen LogP contribution in [0.15, 0.2) is 53.1 Å². The molecule has 1 heterocycles. The van der Waals surface area contributed by atoms with E-state index in [1.54, 1.807) is 24.3 Å². The fourth-order valence-corrected chi connectivity index (χ4v) is 2.08. The Balaban J connectivity index is 1.93. The van der Waals surface area contributed by atoms with Crippen LogP contribution in [0.1, 0.15) is 5.89 Å². The molecule has 0 spiro atoms. The molecular weight excluding hydrogens is 302 g/mol. The topological polar surface area (TPSA) is 82.1 Å². The lowest BCUT2D eigenvalue weighted by atomic mass is 10.2. The summed E-state index contributed by atoms with van der Waals surface area (Å²) >= 11 is 5.87. The Labute approximate surface area is 131 Å². The molecule has 0 bridgehead atoms. The fourth-order valence-electron chi connectivity index (χ4n) is 1.90. The smallest absolute Gasteiger partial charge is 0.239 e. The number of allylic oxidation sites excluding steroid dienone is 1. The summed E-state index contributed by atoms with van der Waals surface area (Å²) in [6.45, 7) is 0. The minimum Gasteiger partial charge on any atom is -0.506 e. The van der Waals surface area contributed by atoms with Crippen LogP contribution in [0.25, 0.3) is 16.7 Å². The quantitative estimate of drug-likeness (QED) is 0.560. The predicted octanol–water partition coefficient (Wildman–Crippen LogP) is 4.16. The van der Waals surface area contributed by atoms with Crippen LogP contribution in [0.2, 0.25) is 5.02 Å². The molecule has 6 heteroatoms. The van der Waals surface area contributed by atoms with Crippen molar-refractivity contribution in [3.63, 3.8) is 0 Å². The number of anilines is 1. The Morgan fingerprint density at radius 1 is 1.32 bits per heavy atom. The molecule has 0 aliphatic carbocycles. The molecule has 0 atom stereocenters. The maximum atomic E-state index is 9.73. The van der Waals surface area contributed by atoms with Gasteiger partial charge in [-0.3, -0.25) is 0 Å². The molecule has 2 aromatic carbocycles. The molecule has 5 nitrogen and oxygen atoms in total. The van der Waals surface area contributed by atoms with E-state index in [1.807, 2.05) is 18.2 Å². The summed E-state index contributed by atoms with van der Waals surface area (Å²) in [6, 6.07) is 13.8. The molecule has 0 aliphatic rings. The summed E-state index contributed by atoms with van der Waals surface area (Å²) in [5.74, 6) is 0.230. The molecular formula is C16H10ClN3O2. The summed E-state index contributed by atoms with van der Waals surface area (Å²) in [6.07, 6.45) is 1.41. The molecule has 0 fully saturated rings. The van der Waals surface area contributed by atoms with Crippen molar-refractivity contribution in [3.05, 3.63) is 59.6 Å². The van der Waals surface area contributed by atoms with Crippen molar-refractivity contribution in [2.75, 3.05) is 5.32 Å². The molecule has 0 saturated carbocycles. The Hall–Kier alpha value is -2.97. The van der Waals surface area contributed by atoms with Crippen molar-refractivity contribution in [2.24, 2.45) is 0 Å². The van der Waals surface area contributed by atoms with E-state index in [0.717, 1.165) is 0 Å². The van der Waals surface area contributed by atoms with Crippen LogP contribution in [0.5, 0.6) is 5.75 Å². The first-order chi connectivity index (χ1) is 10.7. The zero-order valence-corrected chi connectivity index (χ0v) is 12.0. The number of halogens is 1. The number of hydrogen-bond donors (Lipinski definition) is 2. The number of aromatic nitrogens is 1. The molecule has 22 heavy (non-hydrogen) atoms. The number of hydrogen-bond acceptors (Lipinski definition) is 5. The Bertz CT molecular complexity index is 876. The highest BCUT2D eigenvalue weighted by molar-refractivity contribution is 6.30. The van der Waals surface area contributed by atoms with Crippen molar-refractivity contribution in [3.8, 4) is 11.8 Å². The Morgan fingerprint density at radius 3 is 2.91 bits per heavy atom. The second-order valence-electron chi connectivity index (χ2n) is 4.46. The number of nitrogens with one attached hydrogen (secondary N) is 1. The van der Waals surface area contributed by atoms with Gasteiger partial charge >= 0.3 is 0 Å². The zero-order valence-electron chi connectivity index (χ0n) is 11.2. The fraction of sp³-hybridized carbons (Fsp3) is 0. The number of benzene rings is 2. The van der Waals surface area contributed by atoms with Gasteiger partial charge in [0.15, 0.2) is 5.58 Å². The summed E-state index contributed by atoms with van der Waals surface area (Å²) in [5.41, 5.74) is 1.86. The lowest BCUT2D eigenvalue weighted by Gasteiger charge is -2.04. The van der Waals surface area contributed by atoms with Gasteiger partial charge in [0.1, 0.15) is 22.9 Å². The first-order valence-corrected chi connectivity index (χ1v) is 6.76. The minimum atomic E-state index is 0.0236. The SMILES string of the molecule is N#C/C(=C\Nc1cc(Cl)ccc1O)c1nc2ccccc2o1. The number of nitrogens with zero attached hydrogens (tertiary/aromatic N) is 2. The lowest BCUT2D eigenvalue weighted by molar-refractivity contribution is 0.477. The normalized spacial score (nSPS) is 11.4. The van der Waals surface area contributed by atoms with Crippen LogP contribution in [-0.4, -0.2) is 10.1 Å². The van der Waals surface area contributed by atoms with Crippen LogP contribution in [-0.2, 0) is 0 Å². The van der Waals surface area contributed by atoms with Gasteiger partial charge in [-0.2, -0.15) is 5.26 Å². The second kappa shape index (κ2) is 5.80. The molecule has 0 aliphatic heterocycles. The molecule has 0 amide bonds. The predicted molar refractivity (Wildman–Crippen MR) is 84.3 cm³/mol. The largest absolute Gasteiger partial charge is 0.506 e. The van der Waals surface area contributed by atoms with Crippen molar-refractivity contribution >= 4 is 34.0 Å². The first-order valence-electron chi connectivity index (χ1n) is 6.38. The van der Waals surface area contributed by atoms with Gasteiger partial charge in [-0.1, -0.05) is 23.7 Å². The van der Waals surface area contributed by atoms with Gasteiger partial charge in [0.25, 0.3) is 0 Å². The van der Waals surface area contributed by atoms with Crippen LogP contribution in [0, 0.1) is 11.3 Å². The molecule has 0 radical (unpaired) electrons. The van der Waals surface area contributed by atoms with Gasteiger partial charge in [0.05, 0.1) is 5.69 Å². The highest BCUT2D eigenvalue weighted by Crippen LogP contribution is 2.27. The van der Waals surface area contributed by atoms with Crippen LogP contribution < -0.4 is 5.32 Å². The third-order valence-corrected chi connectivity index (χ3v) is 3.21. The number of aromatic hydroxyl groups is 1. The first kappa shape index (κ1) is 14.0. The molecule has 0 saturated heterocycles. The van der Waals surface area contributed by atoms with Crippen LogP contribution in [0.3, 0.4) is 0 Å². The number of nitriles is 1. The highest BCUT2D eigenvalue weighted by Gasteiger charge is 2.10. The second-order valence-corrected chi connectivity index (χ2v) is 4.90. The molecule has 3 rings (SSSR count). The van der Waals surface area contributed by atoms with Crippen LogP contribution >= 0.6 is 11.6 Å². The van der Waals surface area contributed by atoms with Gasteiger partial charge in [-0.05, 0) is 30.3 Å². The summed E-state index contributed by atoms with van der Waals surface area (Å²) < 4.78 is 5.53. The summed E-state index contributed by atoms with van der Waals surface area (Å²) in [7, 11) is 0. The van der Waals surface area contributed by atoms with Gasteiger partial charge in [-0.25, -0.2) is 4.98 Å². The van der Waals surface area contributed by atoms with Gasteiger partial charge in [-0.15, -0.1) is 0 Å². The number of para-hydroxylation sites is 2. The molecule has 3 aromatic rings. The van der Waals surface area contributed by atoms with E-state index in [9.17, 15) is 10.4 Å². The number of fused-ring (bicyclic) bond motifs is 1. The number of rotatable bonds is 3. The van der Waals surface area contributed by atoms with E-state index in [4.69, 9.17) is 16.0 Å². The molecule has 2 N–H and O–H groups in total. The summed E-state index contributed by atoms with van der Waals surface area (Å²) in [5, 5.41) is 22.3. The third kappa shape index (κ3) is 2.73. The van der Waals surface area contributed by atoms with Crippen molar-refractivity contribution in [2.45, 2.75) is 0 Å². The average Bonchev–Trinajstić information content (AvgIpc) is 2.95. The molecule has 0 unspecified atom stereocenters. The molecule has 108 valence electrons. The van der Waals surface area contributed by atoms with E-state index in [1.165, 1.54) is 12.3 Å². The van der Waals surface area contributed by atoms with Gasteiger partial charge < -0.3 is 14.8 Å². The lowest BCUT2D eigenvalue weighted by Crippen LogP contribution is -1.92. The Kier molecular flexibility index (Phi) is 3.69. The third-order valence-electron chi connectivity index (χ3n) is 2.98. The standard InChI is InChI=1S/C16H10ClN3O2/c17-11-5-6-14(21)13(7-11)19-9-10(8-18)16-20-12-3-1-2-4-15(12)22-16/h1-7,9,19,21H/b10-9+. The van der Waals surface area contributed by atoms with Gasteiger partial charge in [0, 0.05) is 11.2 Å². The highest BCUT2D eigenvalue weighted by atomic mass is 35.5.